The number of hydrogen-bond acceptors (Lipinski definition) is 4. The first kappa shape index (κ1) is 15.9. The summed E-state index contributed by atoms with van der Waals surface area (Å²) in [6.45, 7) is 4.23. The molecule has 3 rings (SSSR count). The maximum Gasteiger partial charge on any atom is 0.274 e. The monoisotopic (exact) mass is 325 g/mol. The maximum absolute atomic E-state index is 12.8. The van der Waals surface area contributed by atoms with Crippen LogP contribution in [0.5, 0.6) is 11.5 Å². The van der Waals surface area contributed by atoms with Crippen LogP contribution in [0.15, 0.2) is 42.6 Å². The molecule has 0 unspecified atom stereocenters. The molecule has 0 bridgehead atoms. The molecule has 24 heavy (non-hydrogen) atoms. The standard InChI is InChI=1S/C18H19N3O3/c1-4-24-14-9-6-5-8-13(14)20-18(22)16-12(2)19-17-15(23-3)10-7-11-21(16)17/h5-11H,4H2,1-3H3,(H,20,22). The highest BCUT2D eigenvalue weighted by Crippen LogP contribution is 2.26. The average molecular weight is 325 g/mol. The number of ether oxygens (including phenoxy) is 2. The Labute approximate surface area is 140 Å². The van der Waals surface area contributed by atoms with Crippen LogP contribution in [0.1, 0.15) is 23.1 Å². The lowest BCUT2D eigenvalue weighted by Gasteiger charge is -2.11. The van der Waals surface area contributed by atoms with Gasteiger partial charge < -0.3 is 14.8 Å². The predicted octanol–water partition coefficient (Wildman–Crippen LogP) is 3.30. The number of nitrogens with zero attached hydrogens (tertiary/aromatic N) is 2. The van der Waals surface area contributed by atoms with E-state index in [-0.39, 0.29) is 5.91 Å². The van der Waals surface area contributed by atoms with Gasteiger partial charge in [-0.05, 0) is 38.1 Å². The van der Waals surface area contributed by atoms with Gasteiger partial charge in [-0.2, -0.15) is 0 Å². The van der Waals surface area contributed by atoms with Crippen LogP contribution >= 0.6 is 0 Å². The SMILES string of the molecule is CCOc1ccccc1NC(=O)c1c(C)nc2c(OC)cccn12. The van der Waals surface area contributed by atoms with E-state index in [4.69, 9.17) is 9.47 Å². The zero-order valence-electron chi connectivity index (χ0n) is 13.9. The molecular weight excluding hydrogens is 306 g/mol. The number of fused-ring (bicyclic) bond motifs is 1. The lowest BCUT2D eigenvalue weighted by molar-refractivity contribution is 0.102. The van der Waals surface area contributed by atoms with Crippen LogP contribution in [-0.4, -0.2) is 29.0 Å². The van der Waals surface area contributed by atoms with Gasteiger partial charge in [0.15, 0.2) is 11.4 Å². The van der Waals surface area contributed by atoms with Crippen molar-refractivity contribution < 1.29 is 14.3 Å². The second-order valence-electron chi connectivity index (χ2n) is 5.20. The third-order valence-corrected chi connectivity index (χ3v) is 3.66. The largest absolute Gasteiger partial charge is 0.493 e. The fourth-order valence-electron chi connectivity index (χ4n) is 2.62. The van der Waals surface area contributed by atoms with Crippen molar-refractivity contribution in [3.05, 3.63) is 54.0 Å². The summed E-state index contributed by atoms with van der Waals surface area (Å²) in [4.78, 5) is 17.2. The van der Waals surface area contributed by atoms with Crippen LogP contribution in [0, 0.1) is 6.92 Å². The number of carbonyl (C=O) groups is 1. The first-order chi connectivity index (χ1) is 11.7. The topological polar surface area (TPSA) is 64.9 Å². The summed E-state index contributed by atoms with van der Waals surface area (Å²) < 4.78 is 12.6. The number of benzene rings is 1. The highest BCUT2D eigenvalue weighted by molar-refractivity contribution is 6.05. The Morgan fingerprint density at radius 1 is 1.21 bits per heavy atom. The molecule has 1 aromatic carbocycles. The maximum atomic E-state index is 12.8. The lowest BCUT2D eigenvalue weighted by atomic mass is 10.2. The van der Waals surface area contributed by atoms with Gasteiger partial charge in [0, 0.05) is 6.20 Å². The number of pyridine rings is 1. The molecule has 6 heteroatoms. The number of carbonyl (C=O) groups excluding carboxylic acids is 1. The normalized spacial score (nSPS) is 10.6. The third-order valence-electron chi connectivity index (χ3n) is 3.66. The first-order valence-corrected chi connectivity index (χ1v) is 7.70. The van der Waals surface area contributed by atoms with Crippen LogP contribution in [-0.2, 0) is 0 Å². The van der Waals surface area contributed by atoms with Crippen molar-refractivity contribution in [3.8, 4) is 11.5 Å². The van der Waals surface area contributed by atoms with Crippen molar-refractivity contribution in [1.29, 1.82) is 0 Å². The predicted molar refractivity (Wildman–Crippen MR) is 92.0 cm³/mol. The van der Waals surface area contributed by atoms with E-state index < -0.39 is 0 Å². The molecule has 0 radical (unpaired) electrons. The van der Waals surface area contributed by atoms with Crippen molar-refractivity contribution in [2.24, 2.45) is 0 Å². The van der Waals surface area contributed by atoms with Gasteiger partial charge in [0.1, 0.15) is 11.4 Å². The molecule has 0 spiro atoms. The Kier molecular flexibility index (Phi) is 4.37. The number of imidazole rings is 1. The Balaban J connectivity index is 2.00. The second-order valence-corrected chi connectivity index (χ2v) is 5.20. The molecule has 0 aliphatic rings. The van der Waals surface area contributed by atoms with E-state index in [0.29, 0.717) is 40.8 Å². The zero-order chi connectivity index (χ0) is 17.1. The van der Waals surface area contributed by atoms with Gasteiger partial charge in [0.25, 0.3) is 5.91 Å². The number of anilines is 1. The van der Waals surface area contributed by atoms with Gasteiger partial charge in [0.2, 0.25) is 0 Å². The summed E-state index contributed by atoms with van der Waals surface area (Å²) in [5.74, 6) is 1.01. The van der Waals surface area contributed by atoms with E-state index in [1.807, 2.05) is 43.3 Å². The minimum atomic E-state index is -0.250. The molecular formula is C18H19N3O3. The Morgan fingerprint density at radius 3 is 2.71 bits per heavy atom. The number of aromatic nitrogens is 2. The summed E-state index contributed by atoms with van der Waals surface area (Å²) >= 11 is 0. The number of aryl methyl sites for hydroxylation is 1. The molecule has 2 aromatic heterocycles. The van der Waals surface area contributed by atoms with E-state index in [2.05, 4.69) is 10.3 Å². The van der Waals surface area contributed by atoms with Crippen LogP contribution in [0.25, 0.3) is 5.65 Å². The number of hydrogen-bond donors (Lipinski definition) is 1. The van der Waals surface area contributed by atoms with Crippen LogP contribution < -0.4 is 14.8 Å². The van der Waals surface area contributed by atoms with E-state index in [0.717, 1.165) is 0 Å². The van der Waals surface area contributed by atoms with Gasteiger partial charge in [0.05, 0.1) is 25.1 Å². The lowest BCUT2D eigenvalue weighted by Crippen LogP contribution is -2.16. The number of nitrogens with one attached hydrogen (secondary N) is 1. The van der Waals surface area contributed by atoms with Gasteiger partial charge in [-0.25, -0.2) is 4.98 Å². The Morgan fingerprint density at radius 2 is 1.96 bits per heavy atom. The third kappa shape index (κ3) is 2.78. The minimum Gasteiger partial charge on any atom is -0.493 e. The van der Waals surface area contributed by atoms with Crippen molar-refractivity contribution in [2.75, 3.05) is 19.0 Å². The summed E-state index contributed by atoms with van der Waals surface area (Å²) in [5, 5.41) is 2.90. The minimum absolute atomic E-state index is 0.250. The smallest absolute Gasteiger partial charge is 0.274 e. The second kappa shape index (κ2) is 6.62. The van der Waals surface area contributed by atoms with E-state index >= 15 is 0 Å². The van der Waals surface area contributed by atoms with Crippen LogP contribution in [0.3, 0.4) is 0 Å². The molecule has 0 aliphatic carbocycles. The Hall–Kier alpha value is -3.02. The number of amides is 1. The molecule has 0 atom stereocenters. The molecule has 6 nitrogen and oxygen atoms in total. The summed E-state index contributed by atoms with van der Waals surface area (Å²) in [5.41, 5.74) is 2.34. The summed E-state index contributed by atoms with van der Waals surface area (Å²) in [7, 11) is 1.58. The fourth-order valence-corrected chi connectivity index (χ4v) is 2.62. The molecule has 0 saturated heterocycles. The van der Waals surface area contributed by atoms with Crippen LogP contribution in [0.4, 0.5) is 5.69 Å². The van der Waals surface area contributed by atoms with Crippen molar-refractivity contribution >= 4 is 17.2 Å². The highest BCUT2D eigenvalue weighted by Gasteiger charge is 2.19. The van der Waals surface area contributed by atoms with E-state index in [1.54, 1.807) is 24.6 Å². The molecule has 2 heterocycles. The average Bonchev–Trinajstić information content (AvgIpc) is 2.92. The van der Waals surface area contributed by atoms with Crippen molar-refractivity contribution in [2.45, 2.75) is 13.8 Å². The van der Waals surface area contributed by atoms with Crippen molar-refractivity contribution in [1.82, 2.24) is 9.38 Å². The first-order valence-electron chi connectivity index (χ1n) is 7.70. The van der Waals surface area contributed by atoms with Gasteiger partial charge in [-0.15, -0.1) is 0 Å². The summed E-state index contributed by atoms with van der Waals surface area (Å²) in [6.07, 6.45) is 1.79. The number of para-hydroxylation sites is 2. The van der Waals surface area contributed by atoms with Crippen LogP contribution in [0.2, 0.25) is 0 Å². The quantitative estimate of drug-likeness (QED) is 0.782. The highest BCUT2D eigenvalue weighted by atomic mass is 16.5. The van der Waals surface area contributed by atoms with E-state index in [9.17, 15) is 4.79 Å². The van der Waals surface area contributed by atoms with Crippen molar-refractivity contribution in [3.63, 3.8) is 0 Å². The molecule has 0 saturated carbocycles. The fraction of sp³-hybridized carbons (Fsp3) is 0.222. The van der Waals surface area contributed by atoms with Gasteiger partial charge in [-0.1, -0.05) is 12.1 Å². The number of methoxy groups -OCH3 is 1. The van der Waals surface area contributed by atoms with Gasteiger partial charge in [-0.3, -0.25) is 9.20 Å². The zero-order valence-corrected chi connectivity index (χ0v) is 13.9. The van der Waals surface area contributed by atoms with E-state index in [1.165, 1.54) is 0 Å². The molecule has 0 aliphatic heterocycles. The molecule has 124 valence electrons. The van der Waals surface area contributed by atoms with Gasteiger partial charge >= 0.3 is 0 Å². The molecule has 3 aromatic rings. The molecule has 1 N–H and O–H groups in total. The molecule has 0 fully saturated rings. The summed E-state index contributed by atoms with van der Waals surface area (Å²) in [6, 6.07) is 11.0. The molecule has 1 amide bonds. The number of rotatable bonds is 5. The Bertz CT molecular complexity index is 886.